The van der Waals surface area contributed by atoms with Gasteiger partial charge in [-0.3, -0.25) is 4.98 Å². The molecule has 0 aliphatic heterocycles. The highest BCUT2D eigenvalue weighted by molar-refractivity contribution is 5.20. The fraction of sp³-hybridized carbons (Fsp3) is 0.312. The van der Waals surface area contributed by atoms with Gasteiger partial charge in [0.1, 0.15) is 11.6 Å². The summed E-state index contributed by atoms with van der Waals surface area (Å²) in [6, 6.07) is 9.75. The number of benzene rings is 1. The highest BCUT2D eigenvalue weighted by Gasteiger charge is 2.14. The summed E-state index contributed by atoms with van der Waals surface area (Å²) >= 11 is 0. The van der Waals surface area contributed by atoms with E-state index < -0.39 is 11.6 Å². The molecule has 0 amide bonds. The van der Waals surface area contributed by atoms with Gasteiger partial charge in [0.05, 0.1) is 0 Å². The van der Waals surface area contributed by atoms with Crippen LogP contribution in [0.3, 0.4) is 0 Å². The van der Waals surface area contributed by atoms with Crippen molar-refractivity contribution in [3.63, 3.8) is 0 Å². The van der Waals surface area contributed by atoms with E-state index in [0.29, 0.717) is 6.42 Å². The van der Waals surface area contributed by atoms with Crippen LogP contribution in [0.2, 0.25) is 0 Å². The van der Waals surface area contributed by atoms with Crippen molar-refractivity contribution in [2.75, 3.05) is 7.05 Å². The van der Waals surface area contributed by atoms with Crippen molar-refractivity contribution < 1.29 is 8.78 Å². The van der Waals surface area contributed by atoms with Crippen molar-refractivity contribution >= 4 is 0 Å². The fourth-order valence-corrected chi connectivity index (χ4v) is 2.19. The average molecular weight is 276 g/mol. The number of aromatic nitrogens is 1. The van der Waals surface area contributed by atoms with E-state index in [1.54, 1.807) is 6.20 Å². The maximum Gasteiger partial charge on any atom is 0.129 e. The van der Waals surface area contributed by atoms with Crippen LogP contribution in [0.15, 0.2) is 42.6 Å². The minimum Gasteiger partial charge on any atom is -0.317 e. The Morgan fingerprint density at radius 3 is 2.45 bits per heavy atom. The lowest BCUT2D eigenvalue weighted by molar-refractivity contribution is 0.481. The van der Waals surface area contributed by atoms with Crippen LogP contribution < -0.4 is 5.32 Å². The van der Waals surface area contributed by atoms with Gasteiger partial charge in [-0.25, -0.2) is 8.78 Å². The Labute approximate surface area is 117 Å². The quantitative estimate of drug-likeness (QED) is 0.877. The SMILES string of the molecule is CNC(CCc1ccccn1)Cc1c(F)cccc1F. The van der Waals surface area contributed by atoms with E-state index in [1.807, 2.05) is 25.2 Å². The van der Waals surface area contributed by atoms with E-state index in [9.17, 15) is 8.78 Å². The first-order valence-electron chi connectivity index (χ1n) is 6.70. The van der Waals surface area contributed by atoms with E-state index in [0.717, 1.165) is 18.5 Å². The molecule has 2 rings (SSSR count). The number of likely N-dealkylation sites (N-methyl/N-ethyl adjacent to an activating group) is 1. The van der Waals surface area contributed by atoms with Crippen molar-refractivity contribution in [3.05, 3.63) is 65.5 Å². The van der Waals surface area contributed by atoms with Crippen LogP contribution >= 0.6 is 0 Å². The number of pyridine rings is 1. The molecule has 106 valence electrons. The molecule has 0 spiro atoms. The van der Waals surface area contributed by atoms with Gasteiger partial charge in [-0.2, -0.15) is 0 Å². The number of nitrogens with one attached hydrogen (secondary N) is 1. The van der Waals surface area contributed by atoms with Gasteiger partial charge in [-0.05, 0) is 50.6 Å². The zero-order valence-corrected chi connectivity index (χ0v) is 11.4. The molecule has 2 aromatic rings. The van der Waals surface area contributed by atoms with Gasteiger partial charge in [-0.15, -0.1) is 0 Å². The van der Waals surface area contributed by atoms with Crippen LogP contribution in [0.5, 0.6) is 0 Å². The normalized spacial score (nSPS) is 12.3. The Hall–Kier alpha value is -1.81. The minimum absolute atomic E-state index is 0.0170. The standard InChI is InChI=1S/C16H18F2N2/c1-19-13(9-8-12-5-2-3-10-20-12)11-14-15(17)6-4-7-16(14)18/h2-7,10,13,19H,8-9,11H2,1H3. The molecule has 1 unspecified atom stereocenters. The molecular weight excluding hydrogens is 258 g/mol. The number of hydrogen-bond donors (Lipinski definition) is 1. The zero-order chi connectivity index (χ0) is 14.4. The molecule has 0 aliphatic rings. The topological polar surface area (TPSA) is 24.9 Å². The van der Waals surface area contributed by atoms with Crippen LogP contribution in [0.4, 0.5) is 8.78 Å². The molecule has 0 radical (unpaired) electrons. The third-order valence-electron chi connectivity index (χ3n) is 3.40. The van der Waals surface area contributed by atoms with Gasteiger partial charge >= 0.3 is 0 Å². The lowest BCUT2D eigenvalue weighted by atomic mass is 10.00. The second-order valence-corrected chi connectivity index (χ2v) is 4.75. The van der Waals surface area contributed by atoms with Gasteiger partial charge in [0.15, 0.2) is 0 Å². The molecule has 2 nitrogen and oxygen atoms in total. The molecule has 0 saturated heterocycles. The summed E-state index contributed by atoms with van der Waals surface area (Å²) in [7, 11) is 1.81. The summed E-state index contributed by atoms with van der Waals surface area (Å²) in [6.45, 7) is 0. The third-order valence-corrected chi connectivity index (χ3v) is 3.40. The Morgan fingerprint density at radius 2 is 1.85 bits per heavy atom. The third kappa shape index (κ3) is 3.84. The van der Waals surface area contributed by atoms with Crippen molar-refractivity contribution in [3.8, 4) is 0 Å². The van der Waals surface area contributed by atoms with Gasteiger partial charge in [0.2, 0.25) is 0 Å². The summed E-state index contributed by atoms with van der Waals surface area (Å²) in [4.78, 5) is 4.25. The Kier molecular flexibility index (Phi) is 5.18. The fourth-order valence-electron chi connectivity index (χ4n) is 2.19. The second kappa shape index (κ2) is 7.10. The zero-order valence-electron chi connectivity index (χ0n) is 11.4. The summed E-state index contributed by atoms with van der Waals surface area (Å²) in [5.41, 5.74) is 1.13. The van der Waals surface area contributed by atoms with Gasteiger partial charge in [-0.1, -0.05) is 12.1 Å². The maximum absolute atomic E-state index is 13.6. The number of nitrogens with zero attached hydrogens (tertiary/aromatic N) is 1. The number of aryl methyl sites for hydroxylation is 1. The second-order valence-electron chi connectivity index (χ2n) is 4.75. The van der Waals surface area contributed by atoms with E-state index in [-0.39, 0.29) is 11.6 Å². The molecule has 1 aromatic carbocycles. The molecule has 0 aliphatic carbocycles. The molecule has 1 heterocycles. The molecule has 0 fully saturated rings. The average Bonchev–Trinajstić information content (AvgIpc) is 2.47. The first-order valence-corrected chi connectivity index (χ1v) is 6.70. The molecular formula is C16H18F2N2. The van der Waals surface area contributed by atoms with Crippen molar-refractivity contribution in [2.24, 2.45) is 0 Å². The Morgan fingerprint density at radius 1 is 1.10 bits per heavy atom. The molecule has 0 saturated carbocycles. The predicted molar refractivity (Wildman–Crippen MR) is 75.5 cm³/mol. The van der Waals surface area contributed by atoms with Gasteiger partial charge < -0.3 is 5.32 Å². The lowest BCUT2D eigenvalue weighted by Gasteiger charge is -2.16. The first-order chi connectivity index (χ1) is 9.70. The molecule has 0 bridgehead atoms. The smallest absolute Gasteiger partial charge is 0.129 e. The highest BCUT2D eigenvalue weighted by atomic mass is 19.1. The number of hydrogen-bond acceptors (Lipinski definition) is 2. The Balaban J connectivity index is 1.99. The first kappa shape index (κ1) is 14.6. The molecule has 4 heteroatoms. The van der Waals surface area contributed by atoms with Gasteiger partial charge in [0, 0.05) is 23.5 Å². The number of halogens is 2. The summed E-state index contributed by atoms with van der Waals surface area (Å²) in [5.74, 6) is -0.967. The molecule has 1 N–H and O–H groups in total. The van der Waals surface area contributed by atoms with Crippen LogP contribution in [0, 0.1) is 11.6 Å². The van der Waals surface area contributed by atoms with E-state index >= 15 is 0 Å². The van der Waals surface area contributed by atoms with Gasteiger partial charge in [0.25, 0.3) is 0 Å². The van der Waals surface area contributed by atoms with E-state index in [4.69, 9.17) is 0 Å². The van der Waals surface area contributed by atoms with Crippen LogP contribution in [0.1, 0.15) is 17.7 Å². The predicted octanol–water partition coefficient (Wildman–Crippen LogP) is 3.12. The highest BCUT2D eigenvalue weighted by Crippen LogP contribution is 2.16. The minimum atomic E-state index is -0.483. The largest absolute Gasteiger partial charge is 0.317 e. The van der Waals surface area contributed by atoms with Crippen molar-refractivity contribution in [2.45, 2.75) is 25.3 Å². The summed E-state index contributed by atoms with van der Waals surface area (Å²) < 4.78 is 27.3. The summed E-state index contributed by atoms with van der Waals surface area (Å²) in [6.07, 6.45) is 3.64. The molecule has 20 heavy (non-hydrogen) atoms. The lowest BCUT2D eigenvalue weighted by Crippen LogP contribution is -2.29. The van der Waals surface area contributed by atoms with Crippen molar-refractivity contribution in [1.29, 1.82) is 0 Å². The van der Waals surface area contributed by atoms with Crippen LogP contribution in [-0.4, -0.2) is 18.1 Å². The monoisotopic (exact) mass is 276 g/mol. The molecule has 1 atom stereocenters. The van der Waals surface area contributed by atoms with E-state index in [2.05, 4.69) is 10.3 Å². The number of rotatable bonds is 6. The summed E-state index contributed by atoms with van der Waals surface area (Å²) in [5, 5.41) is 3.11. The van der Waals surface area contributed by atoms with E-state index in [1.165, 1.54) is 18.2 Å². The van der Waals surface area contributed by atoms with Crippen molar-refractivity contribution in [1.82, 2.24) is 10.3 Å². The Bertz CT molecular complexity index is 523. The van der Waals surface area contributed by atoms with Crippen LogP contribution in [0.25, 0.3) is 0 Å². The van der Waals surface area contributed by atoms with Crippen LogP contribution in [-0.2, 0) is 12.8 Å². The molecule has 1 aromatic heterocycles. The maximum atomic E-state index is 13.6.